The lowest BCUT2D eigenvalue weighted by Crippen LogP contribution is -2.27. The minimum atomic E-state index is -0.656. The normalized spacial score (nSPS) is 10.4. The van der Waals surface area contributed by atoms with Gasteiger partial charge in [0.1, 0.15) is 23.2 Å². The Kier molecular flexibility index (Phi) is 6.44. The molecule has 1 aromatic heterocycles. The molecule has 160 valence electrons. The summed E-state index contributed by atoms with van der Waals surface area (Å²) in [6.07, 6.45) is 0.960. The number of urea groups is 1. The fourth-order valence-electron chi connectivity index (χ4n) is 2.76. The van der Waals surface area contributed by atoms with Crippen molar-refractivity contribution in [2.45, 2.75) is 0 Å². The number of rotatable bonds is 5. The van der Waals surface area contributed by atoms with Gasteiger partial charge in [0.15, 0.2) is 0 Å². The van der Waals surface area contributed by atoms with Crippen LogP contribution in [0, 0.1) is 11.6 Å². The number of aromatic nitrogens is 1. The molecule has 3 aromatic rings. The zero-order valence-corrected chi connectivity index (χ0v) is 17.1. The number of methoxy groups -OCH3 is 1. The van der Waals surface area contributed by atoms with E-state index in [1.165, 1.54) is 36.3 Å². The van der Waals surface area contributed by atoms with Crippen LogP contribution in [0.1, 0.15) is 10.4 Å². The third kappa shape index (κ3) is 5.13. The molecule has 31 heavy (non-hydrogen) atoms. The maximum Gasteiger partial charge on any atom is 0.321 e. The molecular weight excluding hydrogens is 406 g/mol. The predicted molar refractivity (Wildman–Crippen MR) is 113 cm³/mol. The molecule has 2 N–H and O–H groups in total. The Morgan fingerprint density at radius 2 is 1.77 bits per heavy atom. The molecule has 0 aliphatic rings. The quantitative estimate of drug-likeness (QED) is 0.634. The molecule has 0 spiro atoms. The highest BCUT2D eigenvalue weighted by Crippen LogP contribution is 2.33. The second-order valence-corrected chi connectivity index (χ2v) is 6.75. The number of hydrogen-bond donors (Lipinski definition) is 2. The summed E-state index contributed by atoms with van der Waals surface area (Å²) >= 11 is 0. The maximum absolute atomic E-state index is 14.4. The summed E-state index contributed by atoms with van der Waals surface area (Å²) in [7, 11) is 4.54. The van der Waals surface area contributed by atoms with Crippen LogP contribution in [0.15, 0.2) is 54.7 Å². The van der Waals surface area contributed by atoms with Gasteiger partial charge in [0.25, 0.3) is 5.91 Å². The molecule has 7 nitrogen and oxygen atoms in total. The third-order valence-corrected chi connectivity index (χ3v) is 4.33. The van der Waals surface area contributed by atoms with Crippen LogP contribution in [0.5, 0.6) is 5.75 Å². The first-order chi connectivity index (χ1) is 14.8. The fourth-order valence-corrected chi connectivity index (χ4v) is 2.76. The van der Waals surface area contributed by atoms with E-state index in [0.717, 1.165) is 12.3 Å². The molecule has 9 heteroatoms. The van der Waals surface area contributed by atoms with E-state index in [1.54, 1.807) is 32.3 Å². The average Bonchev–Trinajstić information content (AvgIpc) is 2.75. The molecule has 3 rings (SSSR count). The Morgan fingerprint density at radius 3 is 2.48 bits per heavy atom. The number of nitrogens with one attached hydrogen (secondary N) is 2. The van der Waals surface area contributed by atoms with Crippen LogP contribution in [0.3, 0.4) is 0 Å². The fraction of sp³-hybridized carbons (Fsp3) is 0.136. The highest BCUT2D eigenvalue weighted by molar-refractivity contribution is 6.05. The van der Waals surface area contributed by atoms with Crippen molar-refractivity contribution in [1.82, 2.24) is 9.88 Å². The van der Waals surface area contributed by atoms with E-state index in [4.69, 9.17) is 4.74 Å². The molecule has 0 aliphatic heterocycles. The second kappa shape index (κ2) is 9.21. The smallest absolute Gasteiger partial charge is 0.321 e. The molecule has 3 amide bonds. The van der Waals surface area contributed by atoms with E-state index < -0.39 is 17.5 Å². The lowest BCUT2D eigenvalue weighted by Gasteiger charge is -2.13. The number of hydrogen-bond acceptors (Lipinski definition) is 4. The van der Waals surface area contributed by atoms with Gasteiger partial charge in [0, 0.05) is 42.5 Å². The van der Waals surface area contributed by atoms with Gasteiger partial charge in [-0.05, 0) is 36.4 Å². The van der Waals surface area contributed by atoms with Crippen molar-refractivity contribution in [1.29, 1.82) is 0 Å². The van der Waals surface area contributed by atoms with E-state index in [2.05, 4.69) is 15.6 Å². The summed E-state index contributed by atoms with van der Waals surface area (Å²) in [5, 5.41) is 5.25. The number of ether oxygens (including phenoxy) is 1. The second-order valence-electron chi connectivity index (χ2n) is 6.75. The summed E-state index contributed by atoms with van der Waals surface area (Å²) in [5.74, 6) is -1.44. The Bertz CT molecular complexity index is 1140. The van der Waals surface area contributed by atoms with Gasteiger partial charge in [-0.15, -0.1) is 0 Å². The third-order valence-electron chi connectivity index (χ3n) is 4.33. The molecular formula is C22H20F2N4O3. The van der Waals surface area contributed by atoms with Crippen molar-refractivity contribution in [2.24, 2.45) is 0 Å². The van der Waals surface area contributed by atoms with Gasteiger partial charge < -0.3 is 20.3 Å². The first-order valence-corrected chi connectivity index (χ1v) is 9.17. The molecule has 0 atom stereocenters. The minimum absolute atomic E-state index is 0.0918. The van der Waals surface area contributed by atoms with Crippen LogP contribution in [-0.4, -0.2) is 43.0 Å². The Labute approximate surface area is 177 Å². The molecule has 0 saturated carbocycles. The van der Waals surface area contributed by atoms with E-state index in [0.29, 0.717) is 11.3 Å². The first-order valence-electron chi connectivity index (χ1n) is 9.17. The zero-order valence-electron chi connectivity index (χ0n) is 17.1. The van der Waals surface area contributed by atoms with Crippen LogP contribution in [0.25, 0.3) is 11.1 Å². The van der Waals surface area contributed by atoms with Crippen LogP contribution in [0.4, 0.5) is 25.1 Å². The minimum Gasteiger partial charge on any atom is -0.496 e. The van der Waals surface area contributed by atoms with Crippen molar-refractivity contribution in [3.05, 3.63) is 71.9 Å². The van der Waals surface area contributed by atoms with Gasteiger partial charge in [0.05, 0.1) is 13.3 Å². The average molecular weight is 426 g/mol. The van der Waals surface area contributed by atoms with Crippen LogP contribution < -0.4 is 15.4 Å². The lowest BCUT2D eigenvalue weighted by atomic mass is 10.0. The van der Waals surface area contributed by atoms with E-state index in [-0.39, 0.29) is 28.7 Å². The standard InChI is InChI=1S/C22H20F2N4O3/c1-28(2)22(30)26-15-6-4-5-13(9-15)21(29)27-20-11-17(18(24)12-25-20)16-8-7-14(23)10-19(16)31-3/h4-12H,1-3H3,(H,26,30)(H,25,27,29). The molecule has 1 heterocycles. The molecule has 0 aliphatic carbocycles. The molecule has 0 fully saturated rings. The van der Waals surface area contributed by atoms with Gasteiger partial charge in [-0.2, -0.15) is 0 Å². The number of benzene rings is 2. The summed E-state index contributed by atoms with van der Waals surface area (Å²) < 4.78 is 33.0. The van der Waals surface area contributed by atoms with Crippen molar-refractivity contribution in [3.8, 4) is 16.9 Å². The zero-order chi connectivity index (χ0) is 22.5. The highest BCUT2D eigenvalue weighted by atomic mass is 19.1. The number of nitrogens with zero attached hydrogens (tertiary/aromatic N) is 2. The number of carbonyl (C=O) groups excluding carboxylic acids is 2. The molecule has 0 saturated heterocycles. The SMILES string of the molecule is COc1cc(F)ccc1-c1cc(NC(=O)c2cccc(NC(=O)N(C)C)c2)ncc1F. The van der Waals surface area contributed by atoms with Crippen molar-refractivity contribution < 1.29 is 23.1 Å². The van der Waals surface area contributed by atoms with E-state index >= 15 is 0 Å². The van der Waals surface area contributed by atoms with Crippen LogP contribution >= 0.6 is 0 Å². The Hall–Kier alpha value is -4.01. The molecule has 0 bridgehead atoms. The highest BCUT2D eigenvalue weighted by Gasteiger charge is 2.15. The molecule has 0 radical (unpaired) electrons. The first kappa shape index (κ1) is 21.7. The summed E-state index contributed by atoms with van der Waals surface area (Å²) in [6, 6.07) is 11.0. The van der Waals surface area contributed by atoms with Gasteiger partial charge in [-0.1, -0.05) is 6.07 Å². The lowest BCUT2D eigenvalue weighted by molar-refractivity contribution is 0.102. The van der Waals surface area contributed by atoms with Gasteiger partial charge in [-0.25, -0.2) is 18.6 Å². The van der Waals surface area contributed by atoms with Gasteiger partial charge in [-0.3, -0.25) is 4.79 Å². The summed E-state index contributed by atoms with van der Waals surface area (Å²) in [5.41, 5.74) is 1.11. The van der Waals surface area contributed by atoms with Crippen LogP contribution in [0.2, 0.25) is 0 Å². The predicted octanol–water partition coefficient (Wildman–Crippen LogP) is 4.38. The number of pyridine rings is 1. The maximum atomic E-state index is 14.4. The molecule has 2 aromatic carbocycles. The molecule has 0 unspecified atom stereocenters. The largest absolute Gasteiger partial charge is 0.496 e. The van der Waals surface area contributed by atoms with E-state index in [1.807, 2.05) is 0 Å². The van der Waals surface area contributed by atoms with Crippen LogP contribution in [-0.2, 0) is 0 Å². The number of carbonyl (C=O) groups is 2. The van der Waals surface area contributed by atoms with E-state index in [9.17, 15) is 18.4 Å². The topological polar surface area (TPSA) is 83.6 Å². The van der Waals surface area contributed by atoms with Crippen molar-refractivity contribution in [3.63, 3.8) is 0 Å². The van der Waals surface area contributed by atoms with Gasteiger partial charge in [0.2, 0.25) is 0 Å². The van der Waals surface area contributed by atoms with Crippen molar-refractivity contribution >= 4 is 23.4 Å². The number of amides is 3. The summed E-state index contributed by atoms with van der Waals surface area (Å²) in [6.45, 7) is 0. The number of anilines is 2. The Morgan fingerprint density at radius 1 is 1.00 bits per heavy atom. The Balaban J connectivity index is 1.85. The summed E-state index contributed by atoms with van der Waals surface area (Å²) in [4.78, 5) is 29.7. The monoisotopic (exact) mass is 426 g/mol. The van der Waals surface area contributed by atoms with Crippen molar-refractivity contribution in [2.75, 3.05) is 31.8 Å². The van der Waals surface area contributed by atoms with Gasteiger partial charge >= 0.3 is 6.03 Å². The number of halogens is 2.